The summed E-state index contributed by atoms with van der Waals surface area (Å²) in [5.41, 5.74) is 0.0682. The number of amidine groups is 1. The van der Waals surface area contributed by atoms with Crippen LogP contribution >= 0.6 is 23.4 Å². The number of carbonyl (C=O) groups is 2. The summed E-state index contributed by atoms with van der Waals surface area (Å²) in [5, 5.41) is 21.8. The standard InChI is InChI=1S/C15H10ClN5O3S/c1-24-14(23)13-12(20-11(22)7-25-15(20)18)10(6-17)19-21(13)9-4-2-3-8(16)5-9/h2-5,18H,7H2,1H3. The average Bonchev–Trinajstić information content (AvgIpc) is 3.13. The number of aromatic nitrogens is 2. The highest BCUT2D eigenvalue weighted by Crippen LogP contribution is 2.34. The second-order valence-corrected chi connectivity index (χ2v) is 6.26. The molecule has 0 spiro atoms. The maximum atomic E-state index is 12.4. The topological polar surface area (TPSA) is 112 Å². The van der Waals surface area contributed by atoms with Crippen molar-refractivity contribution < 1.29 is 14.3 Å². The van der Waals surface area contributed by atoms with Gasteiger partial charge in [0.2, 0.25) is 5.91 Å². The highest BCUT2D eigenvalue weighted by atomic mass is 35.5. The van der Waals surface area contributed by atoms with Crippen LogP contribution in [0.25, 0.3) is 5.69 Å². The van der Waals surface area contributed by atoms with E-state index in [4.69, 9.17) is 21.7 Å². The fourth-order valence-corrected chi connectivity index (χ4v) is 3.27. The van der Waals surface area contributed by atoms with E-state index in [-0.39, 0.29) is 28.0 Å². The summed E-state index contributed by atoms with van der Waals surface area (Å²) in [6.45, 7) is 0. The molecule has 0 unspecified atom stereocenters. The normalized spacial score (nSPS) is 13.9. The van der Waals surface area contributed by atoms with E-state index < -0.39 is 11.9 Å². The Labute approximate surface area is 151 Å². The lowest BCUT2D eigenvalue weighted by Gasteiger charge is -2.15. The Hall–Kier alpha value is -2.83. The fraction of sp³-hybridized carbons (Fsp3) is 0.133. The summed E-state index contributed by atoms with van der Waals surface area (Å²) in [5.74, 6) is -1.16. The minimum absolute atomic E-state index is 0.0483. The van der Waals surface area contributed by atoms with Crippen molar-refractivity contribution >= 4 is 46.1 Å². The molecule has 126 valence electrons. The molecule has 1 aliphatic heterocycles. The van der Waals surface area contributed by atoms with Gasteiger partial charge in [0.25, 0.3) is 0 Å². The monoisotopic (exact) mass is 375 g/mol. The van der Waals surface area contributed by atoms with E-state index >= 15 is 0 Å². The molecule has 0 atom stereocenters. The molecule has 10 heteroatoms. The molecule has 8 nitrogen and oxygen atoms in total. The van der Waals surface area contributed by atoms with Gasteiger partial charge < -0.3 is 4.74 Å². The van der Waals surface area contributed by atoms with Gasteiger partial charge in [-0.1, -0.05) is 29.4 Å². The van der Waals surface area contributed by atoms with Gasteiger partial charge in [-0.25, -0.2) is 9.48 Å². The van der Waals surface area contributed by atoms with Crippen LogP contribution in [-0.2, 0) is 9.53 Å². The Morgan fingerprint density at radius 2 is 2.28 bits per heavy atom. The molecule has 2 aromatic rings. The number of thioether (sulfide) groups is 1. The Morgan fingerprint density at radius 1 is 1.52 bits per heavy atom. The van der Waals surface area contributed by atoms with Crippen LogP contribution in [0.5, 0.6) is 0 Å². The number of halogens is 1. The summed E-state index contributed by atoms with van der Waals surface area (Å²) < 4.78 is 5.99. The third-order valence-electron chi connectivity index (χ3n) is 3.41. The molecule has 1 aromatic carbocycles. The van der Waals surface area contributed by atoms with Crippen LogP contribution < -0.4 is 4.90 Å². The number of carbonyl (C=O) groups excluding carboxylic acids is 2. The van der Waals surface area contributed by atoms with Gasteiger partial charge >= 0.3 is 5.97 Å². The van der Waals surface area contributed by atoms with Gasteiger partial charge in [-0.3, -0.25) is 15.1 Å². The zero-order chi connectivity index (χ0) is 18.1. The number of methoxy groups -OCH3 is 1. The largest absolute Gasteiger partial charge is 0.464 e. The molecule has 1 fully saturated rings. The van der Waals surface area contributed by atoms with Crippen molar-refractivity contribution in [2.24, 2.45) is 0 Å². The third kappa shape index (κ3) is 2.86. The van der Waals surface area contributed by atoms with Crippen molar-refractivity contribution in [3.05, 3.63) is 40.7 Å². The van der Waals surface area contributed by atoms with Gasteiger partial charge in [-0.2, -0.15) is 10.4 Å². The molecule has 2 heterocycles. The van der Waals surface area contributed by atoms with Crippen molar-refractivity contribution in [2.75, 3.05) is 17.8 Å². The SMILES string of the molecule is COC(=O)c1c(N2C(=N)SCC2=O)c(C#N)nn1-c1cccc(Cl)c1. The first kappa shape index (κ1) is 17.0. The average molecular weight is 376 g/mol. The molecule has 1 saturated heterocycles. The van der Waals surface area contributed by atoms with Crippen LogP contribution in [-0.4, -0.2) is 39.7 Å². The van der Waals surface area contributed by atoms with E-state index in [2.05, 4.69) is 5.10 Å². The minimum atomic E-state index is -0.790. The second-order valence-electron chi connectivity index (χ2n) is 4.86. The number of hydrogen-bond donors (Lipinski definition) is 1. The predicted molar refractivity (Wildman–Crippen MR) is 92.3 cm³/mol. The van der Waals surface area contributed by atoms with E-state index in [0.29, 0.717) is 10.7 Å². The van der Waals surface area contributed by atoms with Crippen molar-refractivity contribution in [1.29, 1.82) is 10.7 Å². The molecule has 1 aliphatic rings. The fourth-order valence-electron chi connectivity index (χ4n) is 2.37. The first-order valence-corrected chi connectivity index (χ1v) is 8.26. The van der Waals surface area contributed by atoms with Gasteiger partial charge in [-0.05, 0) is 18.2 Å². The Balaban J connectivity index is 2.31. The zero-order valence-corrected chi connectivity index (χ0v) is 14.4. The molecule has 0 saturated carbocycles. The number of hydrogen-bond acceptors (Lipinski definition) is 7. The molecule has 3 rings (SSSR count). The molecule has 1 amide bonds. The van der Waals surface area contributed by atoms with Gasteiger partial charge in [0.15, 0.2) is 16.6 Å². The van der Waals surface area contributed by atoms with Gasteiger partial charge in [-0.15, -0.1) is 0 Å². The quantitative estimate of drug-likeness (QED) is 0.823. The van der Waals surface area contributed by atoms with Gasteiger partial charge in [0, 0.05) is 5.02 Å². The predicted octanol–water partition coefficient (Wildman–Crippen LogP) is 2.20. The molecule has 25 heavy (non-hydrogen) atoms. The number of nitrogens with one attached hydrogen (secondary N) is 1. The summed E-state index contributed by atoms with van der Waals surface area (Å²) in [6.07, 6.45) is 0. The highest BCUT2D eigenvalue weighted by molar-refractivity contribution is 8.15. The maximum Gasteiger partial charge on any atom is 0.359 e. The summed E-state index contributed by atoms with van der Waals surface area (Å²) >= 11 is 6.99. The number of ether oxygens (including phenoxy) is 1. The van der Waals surface area contributed by atoms with Crippen LogP contribution in [0.15, 0.2) is 24.3 Å². The van der Waals surface area contributed by atoms with Crippen LogP contribution in [0, 0.1) is 16.7 Å². The lowest BCUT2D eigenvalue weighted by Crippen LogP contribution is -2.31. The van der Waals surface area contributed by atoms with Crippen LogP contribution in [0.3, 0.4) is 0 Å². The maximum absolute atomic E-state index is 12.4. The van der Waals surface area contributed by atoms with Crippen molar-refractivity contribution in [3.8, 4) is 11.8 Å². The Morgan fingerprint density at radius 3 is 2.84 bits per heavy atom. The zero-order valence-electron chi connectivity index (χ0n) is 12.8. The number of nitrogens with zero attached hydrogens (tertiary/aromatic N) is 4. The number of nitriles is 1. The molecule has 1 N–H and O–H groups in total. The molecule has 0 aliphatic carbocycles. The molecular weight excluding hydrogens is 366 g/mol. The summed E-state index contributed by atoms with van der Waals surface area (Å²) in [6, 6.07) is 8.36. The van der Waals surface area contributed by atoms with E-state index in [9.17, 15) is 14.9 Å². The van der Waals surface area contributed by atoms with Crippen LogP contribution in [0.4, 0.5) is 5.69 Å². The van der Waals surface area contributed by atoms with Gasteiger partial charge in [0.05, 0.1) is 18.6 Å². The summed E-state index contributed by atoms with van der Waals surface area (Å²) in [4.78, 5) is 25.5. The van der Waals surface area contributed by atoms with Gasteiger partial charge in [0.1, 0.15) is 11.8 Å². The lowest BCUT2D eigenvalue weighted by atomic mass is 10.2. The number of rotatable bonds is 3. The molecule has 0 radical (unpaired) electrons. The Kier molecular flexibility index (Phi) is 4.48. The second kappa shape index (κ2) is 6.58. The van der Waals surface area contributed by atoms with Crippen molar-refractivity contribution in [3.63, 3.8) is 0 Å². The van der Waals surface area contributed by atoms with E-state index in [1.807, 2.05) is 6.07 Å². The number of esters is 1. The number of benzene rings is 1. The van der Waals surface area contributed by atoms with E-state index in [1.54, 1.807) is 24.3 Å². The Bertz CT molecular complexity index is 933. The molecule has 1 aromatic heterocycles. The molecule has 0 bridgehead atoms. The number of amides is 1. The smallest absolute Gasteiger partial charge is 0.359 e. The third-order valence-corrected chi connectivity index (χ3v) is 4.49. The number of anilines is 1. The summed E-state index contributed by atoms with van der Waals surface area (Å²) in [7, 11) is 1.18. The van der Waals surface area contributed by atoms with E-state index in [1.165, 1.54) is 11.8 Å². The molecular formula is C15H10ClN5O3S. The van der Waals surface area contributed by atoms with Crippen molar-refractivity contribution in [2.45, 2.75) is 0 Å². The highest BCUT2D eigenvalue weighted by Gasteiger charge is 2.37. The first-order valence-electron chi connectivity index (χ1n) is 6.89. The van der Waals surface area contributed by atoms with E-state index in [0.717, 1.165) is 16.7 Å². The van der Waals surface area contributed by atoms with Crippen LogP contribution in [0.1, 0.15) is 16.2 Å². The lowest BCUT2D eigenvalue weighted by molar-refractivity contribution is -0.115. The van der Waals surface area contributed by atoms with Crippen molar-refractivity contribution in [1.82, 2.24) is 9.78 Å². The first-order chi connectivity index (χ1) is 12.0. The minimum Gasteiger partial charge on any atom is -0.464 e. The van der Waals surface area contributed by atoms with Crippen LogP contribution in [0.2, 0.25) is 5.02 Å².